The normalized spacial score (nSPS) is 12.6. The molecule has 0 aliphatic heterocycles. The molecule has 0 aliphatic carbocycles. The number of methoxy groups -OCH3 is 1. The van der Waals surface area contributed by atoms with Gasteiger partial charge in [0.15, 0.2) is 0 Å². The van der Waals surface area contributed by atoms with Crippen molar-refractivity contribution in [1.82, 2.24) is 4.98 Å². The van der Waals surface area contributed by atoms with Crippen LogP contribution in [0, 0.1) is 0 Å². The molecule has 0 radical (unpaired) electrons. The van der Waals surface area contributed by atoms with Crippen molar-refractivity contribution < 1.29 is 27.8 Å². The van der Waals surface area contributed by atoms with Gasteiger partial charge in [0.2, 0.25) is 0 Å². The van der Waals surface area contributed by atoms with Crippen LogP contribution >= 0.6 is 0 Å². The monoisotopic (exact) mass is 328 g/mol. The van der Waals surface area contributed by atoms with E-state index < -0.39 is 18.2 Å². The highest BCUT2D eigenvalue weighted by molar-refractivity contribution is 5.38. The number of anilines is 1. The predicted molar refractivity (Wildman–Crippen MR) is 77.4 cm³/mol. The fraction of sp³-hybridized carbons (Fsp3) is 0.267. The first-order valence-electron chi connectivity index (χ1n) is 6.65. The lowest BCUT2D eigenvalue weighted by Gasteiger charge is -2.13. The van der Waals surface area contributed by atoms with Crippen LogP contribution in [0.3, 0.4) is 0 Å². The Kier molecular flexibility index (Phi) is 5.28. The van der Waals surface area contributed by atoms with Gasteiger partial charge in [0.1, 0.15) is 17.3 Å². The van der Waals surface area contributed by atoms with Crippen LogP contribution in [0.5, 0.6) is 11.5 Å². The topological polar surface area (TPSA) is 63.6 Å². The third-order valence-electron chi connectivity index (χ3n) is 2.95. The Morgan fingerprint density at radius 1 is 1.13 bits per heavy atom. The lowest BCUT2D eigenvalue weighted by molar-refractivity contribution is -0.274. The molecule has 1 aromatic heterocycles. The number of nitrogens with one attached hydrogen (secondary N) is 1. The van der Waals surface area contributed by atoms with Crippen LogP contribution in [0.25, 0.3) is 0 Å². The Balaban J connectivity index is 1.89. The largest absolute Gasteiger partial charge is 0.573 e. The highest BCUT2D eigenvalue weighted by Gasteiger charge is 2.31. The number of halogens is 3. The molecule has 1 atom stereocenters. The summed E-state index contributed by atoms with van der Waals surface area (Å²) < 4.78 is 44.8. The SMILES string of the molecule is COc1ccc(C(O)CNc2ccc(OC(F)(F)F)cn2)cc1. The van der Waals surface area contributed by atoms with Crippen molar-refractivity contribution >= 4 is 5.82 Å². The number of hydrogen-bond donors (Lipinski definition) is 2. The number of nitrogens with zero attached hydrogens (tertiary/aromatic N) is 1. The summed E-state index contributed by atoms with van der Waals surface area (Å²) in [6, 6.07) is 9.36. The Labute approximate surface area is 130 Å². The molecule has 23 heavy (non-hydrogen) atoms. The lowest BCUT2D eigenvalue weighted by Crippen LogP contribution is -2.17. The van der Waals surface area contributed by atoms with Gasteiger partial charge in [-0.2, -0.15) is 0 Å². The fourth-order valence-corrected chi connectivity index (χ4v) is 1.82. The summed E-state index contributed by atoms with van der Waals surface area (Å²) >= 11 is 0. The number of aliphatic hydroxyl groups is 1. The van der Waals surface area contributed by atoms with Gasteiger partial charge in [0.05, 0.1) is 19.4 Å². The molecule has 2 rings (SSSR count). The maximum absolute atomic E-state index is 12.0. The minimum atomic E-state index is -4.75. The molecule has 0 aliphatic rings. The molecule has 8 heteroatoms. The van der Waals surface area contributed by atoms with Gasteiger partial charge in [-0.3, -0.25) is 0 Å². The first-order valence-corrected chi connectivity index (χ1v) is 6.65. The van der Waals surface area contributed by atoms with Crippen LogP contribution in [0.15, 0.2) is 42.6 Å². The van der Waals surface area contributed by atoms with Crippen molar-refractivity contribution in [3.63, 3.8) is 0 Å². The molecule has 0 spiro atoms. The van der Waals surface area contributed by atoms with E-state index in [1.807, 2.05) is 0 Å². The number of ether oxygens (including phenoxy) is 2. The first-order chi connectivity index (χ1) is 10.9. The van der Waals surface area contributed by atoms with Gasteiger partial charge in [0.25, 0.3) is 0 Å². The summed E-state index contributed by atoms with van der Waals surface area (Å²) in [5.74, 6) is 0.599. The minimum Gasteiger partial charge on any atom is -0.497 e. The predicted octanol–water partition coefficient (Wildman–Crippen LogP) is 3.13. The van der Waals surface area contributed by atoms with Crippen LogP contribution < -0.4 is 14.8 Å². The lowest BCUT2D eigenvalue weighted by atomic mass is 10.1. The van der Waals surface area contributed by atoms with E-state index >= 15 is 0 Å². The molecule has 0 fully saturated rings. The maximum atomic E-state index is 12.0. The number of aliphatic hydroxyl groups excluding tert-OH is 1. The van der Waals surface area contributed by atoms with Crippen molar-refractivity contribution in [2.75, 3.05) is 19.0 Å². The van der Waals surface area contributed by atoms with Crippen LogP contribution in [0.2, 0.25) is 0 Å². The standard InChI is InChI=1S/C15H15F3N2O3/c1-22-11-4-2-10(3-5-11)13(21)9-20-14-7-6-12(8-19-14)23-15(16,17)18/h2-8,13,21H,9H2,1H3,(H,19,20). The zero-order chi connectivity index (χ0) is 16.9. The van der Waals surface area contributed by atoms with E-state index in [4.69, 9.17) is 4.74 Å². The molecule has 2 N–H and O–H groups in total. The highest BCUT2D eigenvalue weighted by atomic mass is 19.4. The molecule has 1 heterocycles. The van der Waals surface area contributed by atoms with Gasteiger partial charge in [-0.25, -0.2) is 4.98 Å². The van der Waals surface area contributed by atoms with Crippen LogP contribution in [-0.2, 0) is 0 Å². The quantitative estimate of drug-likeness (QED) is 0.853. The van der Waals surface area contributed by atoms with E-state index in [1.54, 1.807) is 31.4 Å². The Bertz CT molecular complexity index is 615. The van der Waals surface area contributed by atoms with E-state index in [9.17, 15) is 18.3 Å². The average Bonchev–Trinajstić information content (AvgIpc) is 2.52. The highest BCUT2D eigenvalue weighted by Crippen LogP contribution is 2.23. The van der Waals surface area contributed by atoms with Gasteiger partial charge in [-0.05, 0) is 29.8 Å². The first kappa shape index (κ1) is 16.9. The molecule has 1 aromatic carbocycles. The minimum absolute atomic E-state index is 0.152. The summed E-state index contributed by atoms with van der Waals surface area (Å²) in [5, 5.41) is 12.9. The van der Waals surface area contributed by atoms with Crippen LogP contribution in [0.1, 0.15) is 11.7 Å². The number of alkyl halides is 3. The number of benzene rings is 1. The zero-order valence-corrected chi connectivity index (χ0v) is 12.2. The molecular weight excluding hydrogens is 313 g/mol. The summed E-state index contributed by atoms with van der Waals surface area (Å²) in [5.41, 5.74) is 0.676. The molecule has 0 amide bonds. The summed E-state index contributed by atoms with van der Waals surface area (Å²) in [4.78, 5) is 3.79. The van der Waals surface area contributed by atoms with E-state index in [0.717, 1.165) is 12.3 Å². The van der Waals surface area contributed by atoms with E-state index in [1.165, 1.54) is 6.07 Å². The molecule has 0 saturated heterocycles. The second kappa shape index (κ2) is 7.19. The maximum Gasteiger partial charge on any atom is 0.573 e. The van der Waals surface area contributed by atoms with Crippen LogP contribution in [-0.4, -0.2) is 30.1 Å². The Morgan fingerprint density at radius 2 is 1.78 bits per heavy atom. The van der Waals surface area contributed by atoms with Gasteiger partial charge in [-0.15, -0.1) is 13.2 Å². The van der Waals surface area contributed by atoms with E-state index in [0.29, 0.717) is 17.1 Å². The van der Waals surface area contributed by atoms with Gasteiger partial charge in [-0.1, -0.05) is 12.1 Å². The molecular formula is C15H15F3N2O3. The van der Waals surface area contributed by atoms with E-state index in [-0.39, 0.29) is 6.54 Å². The van der Waals surface area contributed by atoms with Gasteiger partial charge >= 0.3 is 6.36 Å². The molecule has 124 valence electrons. The third kappa shape index (κ3) is 5.33. The second-order valence-electron chi connectivity index (χ2n) is 4.60. The number of hydrogen-bond acceptors (Lipinski definition) is 5. The molecule has 1 unspecified atom stereocenters. The van der Waals surface area contributed by atoms with Gasteiger partial charge in [0, 0.05) is 6.54 Å². The van der Waals surface area contributed by atoms with Crippen molar-refractivity contribution in [3.8, 4) is 11.5 Å². The Morgan fingerprint density at radius 3 is 2.30 bits per heavy atom. The fourth-order valence-electron chi connectivity index (χ4n) is 1.82. The molecule has 0 bridgehead atoms. The average molecular weight is 328 g/mol. The van der Waals surface area contributed by atoms with Gasteiger partial charge < -0.3 is 19.9 Å². The summed E-state index contributed by atoms with van der Waals surface area (Å²) in [7, 11) is 1.55. The van der Waals surface area contributed by atoms with Crippen molar-refractivity contribution in [2.24, 2.45) is 0 Å². The molecule has 0 saturated carbocycles. The molecule has 5 nitrogen and oxygen atoms in total. The Hall–Kier alpha value is -2.48. The third-order valence-corrected chi connectivity index (χ3v) is 2.95. The van der Waals surface area contributed by atoms with Crippen molar-refractivity contribution in [3.05, 3.63) is 48.2 Å². The molecule has 2 aromatic rings. The number of rotatable bonds is 6. The van der Waals surface area contributed by atoms with Crippen LogP contribution in [0.4, 0.5) is 19.0 Å². The van der Waals surface area contributed by atoms with Crippen molar-refractivity contribution in [1.29, 1.82) is 0 Å². The van der Waals surface area contributed by atoms with Crippen molar-refractivity contribution in [2.45, 2.75) is 12.5 Å². The second-order valence-corrected chi connectivity index (χ2v) is 4.60. The summed E-state index contributed by atoms with van der Waals surface area (Å²) in [6.07, 6.45) is -4.59. The smallest absolute Gasteiger partial charge is 0.497 e. The zero-order valence-electron chi connectivity index (χ0n) is 12.2. The summed E-state index contributed by atoms with van der Waals surface area (Å²) in [6.45, 7) is 0.152. The number of pyridine rings is 1. The van der Waals surface area contributed by atoms with E-state index in [2.05, 4.69) is 15.0 Å². The number of aromatic nitrogens is 1.